The van der Waals surface area contributed by atoms with Gasteiger partial charge < -0.3 is 18.9 Å². The first-order valence-corrected chi connectivity index (χ1v) is 6.63. The molecule has 0 aliphatic heterocycles. The molecule has 0 aliphatic carbocycles. The molecule has 5 heteroatoms. The van der Waals surface area contributed by atoms with E-state index in [1.165, 1.54) is 0 Å². The lowest BCUT2D eigenvalue weighted by Gasteiger charge is -2.14. The molecule has 0 aromatic heterocycles. The topological polar surface area (TPSA) is 54.0 Å². The standard InChI is InChI=1S/C15H22O5/c1-5-6-7-19-14(16)10-20-15-12(17-3)8-11(2)9-13(15)18-4/h8-9H,5-7,10H2,1-4H3. The van der Waals surface area contributed by atoms with Crippen molar-refractivity contribution in [1.82, 2.24) is 0 Å². The molecule has 1 aromatic carbocycles. The van der Waals surface area contributed by atoms with E-state index in [0.717, 1.165) is 18.4 Å². The minimum Gasteiger partial charge on any atom is -0.493 e. The number of benzene rings is 1. The Bertz CT molecular complexity index is 417. The quantitative estimate of drug-likeness (QED) is 0.542. The molecule has 0 saturated heterocycles. The van der Waals surface area contributed by atoms with E-state index in [2.05, 4.69) is 0 Å². The molecule has 20 heavy (non-hydrogen) atoms. The minimum atomic E-state index is -0.400. The molecule has 112 valence electrons. The van der Waals surface area contributed by atoms with Gasteiger partial charge in [0.1, 0.15) is 0 Å². The lowest BCUT2D eigenvalue weighted by Crippen LogP contribution is -2.16. The molecule has 1 rings (SSSR count). The summed E-state index contributed by atoms with van der Waals surface area (Å²) in [6, 6.07) is 3.64. The SMILES string of the molecule is CCCCOC(=O)COc1c(OC)cc(C)cc1OC. The van der Waals surface area contributed by atoms with Crippen molar-refractivity contribution in [3.8, 4) is 17.2 Å². The van der Waals surface area contributed by atoms with Crippen LogP contribution in [-0.2, 0) is 9.53 Å². The van der Waals surface area contributed by atoms with Gasteiger partial charge in [0, 0.05) is 0 Å². The van der Waals surface area contributed by atoms with Gasteiger partial charge in [-0.25, -0.2) is 4.79 Å². The van der Waals surface area contributed by atoms with Crippen molar-refractivity contribution in [2.75, 3.05) is 27.4 Å². The van der Waals surface area contributed by atoms with E-state index in [4.69, 9.17) is 18.9 Å². The molecule has 0 heterocycles. The Labute approximate surface area is 119 Å². The number of carbonyl (C=O) groups excluding carboxylic acids is 1. The average Bonchev–Trinajstić information content (AvgIpc) is 2.45. The maximum absolute atomic E-state index is 11.5. The molecular formula is C15H22O5. The smallest absolute Gasteiger partial charge is 0.344 e. The number of aryl methyl sites for hydroxylation is 1. The summed E-state index contributed by atoms with van der Waals surface area (Å²) in [5, 5.41) is 0. The number of hydrogen-bond donors (Lipinski definition) is 0. The van der Waals surface area contributed by atoms with Crippen LogP contribution in [0.5, 0.6) is 17.2 Å². The van der Waals surface area contributed by atoms with E-state index in [0.29, 0.717) is 23.9 Å². The summed E-state index contributed by atoms with van der Waals surface area (Å²) in [6.07, 6.45) is 1.83. The molecule has 0 N–H and O–H groups in total. The van der Waals surface area contributed by atoms with Gasteiger partial charge in [0.25, 0.3) is 0 Å². The van der Waals surface area contributed by atoms with Crippen LogP contribution >= 0.6 is 0 Å². The van der Waals surface area contributed by atoms with E-state index < -0.39 is 5.97 Å². The second-order valence-electron chi connectivity index (χ2n) is 4.36. The van der Waals surface area contributed by atoms with Crippen LogP contribution in [0.15, 0.2) is 12.1 Å². The predicted molar refractivity (Wildman–Crippen MR) is 75.6 cm³/mol. The number of rotatable bonds is 8. The normalized spacial score (nSPS) is 10.0. The first-order chi connectivity index (χ1) is 9.62. The second-order valence-corrected chi connectivity index (χ2v) is 4.36. The summed E-state index contributed by atoms with van der Waals surface area (Å²) in [5.41, 5.74) is 0.983. The van der Waals surface area contributed by atoms with Gasteiger partial charge in [-0.3, -0.25) is 0 Å². The van der Waals surface area contributed by atoms with Crippen LogP contribution in [0, 0.1) is 6.92 Å². The van der Waals surface area contributed by atoms with Gasteiger partial charge in [-0.2, -0.15) is 0 Å². The first kappa shape index (κ1) is 16.1. The average molecular weight is 282 g/mol. The molecule has 5 nitrogen and oxygen atoms in total. The van der Waals surface area contributed by atoms with Crippen LogP contribution in [0.2, 0.25) is 0 Å². The third-order valence-electron chi connectivity index (χ3n) is 2.70. The molecule has 0 spiro atoms. The monoisotopic (exact) mass is 282 g/mol. The molecule has 0 amide bonds. The molecule has 0 fully saturated rings. The van der Waals surface area contributed by atoms with Crippen molar-refractivity contribution in [1.29, 1.82) is 0 Å². The van der Waals surface area contributed by atoms with E-state index >= 15 is 0 Å². The maximum Gasteiger partial charge on any atom is 0.344 e. The summed E-state index contributed by atoms with van der Waals surface area (Å²) >= 11 is 0. The van der Waals surface area contributed by atoms with Crippen LogP contribution in [-0.4, -0.2) is 33.4 Å². The number of carbonyl (C=O) groups is 1. The van der Waals surface area contributed by atoms with E-state index in [1.54, 1.807) is 14.2 Å². The lowest BCUT2D eigenvalue weighted by atomic mass is 10.2. The van der Waals surface area contributed by atoms with Crippen molar-refractivity contribution < 1.29 is 23.7 Å². The van der Waals surface area contributed by atoms with E-state index in [1.807, 2.05) is 26.0 Å². The Morgan fingerprint density at radius 2 is 1.75 bits per heavy atom. The van der Waals surface area contributed by atoms with Gasteiger partial charge in [0.15, 0.2) is 18.1 Å². The zero-order valence-electron chi connectivity index (χ0n) is 12.5. The first-order valence-electron chi connectivity index (χ1n) is 6.63. The number of unbranched alkanes of at least 4 members (excludes halogenated alkanes) is 1. The van der Waals surface area contributed by atoms with Crippen LogP contribution in [0.3, 0.4) is 0 Å². The van der Waals surface area contributed by atoms with Crippen LogP contribution in [0.4, 0.5) is 0 Å². The Morgan fingerprint density at radius 1 is 1.15 bits per heavy atom. The van der Waals surface area contributed by atoms with Crippen LogP contribution in [0.25, 0.3) is 0 Å². The highest BCUT2D eigenvalue weighted by atomic mass is 16.6. The molecule has 0 aliphatic rings. The number of ether oxygens (including phenoxy) is 4. The highest BCUT2D eigenvalue weighted by molar-refractivity contribution is 5.71. The molecule has 0 bridgehead atoms. The molecule has 0 atom stereocenters. The number of hydrogen-bond acceptors (Lipinski definition) is 5. The zero-order valence-corrected chi connectivity index (χ0v) is 12.5. The Hall–Kier alpha value is -1.91. The van der Waals surface area contributed by atoms with Crippen LogP contribution in [0.1, 0.15) is 25.3 Å². The fourth-order valence-corrected chi connectivity index (χ4v) is 1.66. The highest BCUT2D eigenvalue weighted by Gasteiger charge is 2.15. The van der Waals surface area contributed by atoms with Crippen LogP contribution < -0.4 is 14.2 Å². The van der Waals surface area contributed by atoms with E-state index in [9.17, 15) is 4.79 Å². The zero-order chi connectivity index (χ0) is 15.0. The van der Waals surface area contributed by atoms with Crippen molar-refractivity contribution >= 4 is 5.97 Å². The molecule has 1 aromatic rings. The van der Waals surface area contributed by atoms with Gasteiger partial charge >= 0.3 is 5.97 Å². The highest BCUT2D eigenvalue weighted by Crippen LogP contribution is 2.38. The van der Waals surface area contributed by atoms with Crippen molar-refractivity contribution in [3.05, 3.63) is 17.7 Å². The van der Waals surface area contributed by atoms with Gasteiger partial charge in [-0.05, 0) is 31.0 Å². The lowest BCUT2D eigenvalue weighted by molar-refractivity contribution is -0.146. The van der Waals surface area contributed by atoms with Gasteiger partial charge in [0.2, 0.25) is 5.75 Å². The minimum absolute atomic E-state index is 0.167. The van der Waals surface area contributed by atoms with E-state index in [-0.39, 0.29) is 6.61 Å². The molecule has 0 radical (unpaired) electrons. The summed E-state index contributed by atoms with van der Waals surface area (Å²) in [5.74, 6) is 1.07. The van der Waals surface area contributed by atoms with Gasteiger partial charge in [-0.1, -0.05) is 13.3 Å². The Morgan fingerprint density at radius 3 is 2.25 bits per heavy atom. The fraction of sp³-hybridized carbons (Fsp3) is 0.533. The van der Waals surface area contributed by atoms with Crippen molar-refractivity contribution in [3.63, 3.8) is 0 Å². The van der Waals surface area contributed by atoms with Gasteiger partial charge in [-0.15, -0.1) is 0 Å². The molecule has 0 unspecified atom stereocenters. The molecule has 0 saturated carbocycles. The fourth-order valence-electron chi connectivity index (χ4n) is 1.66. The predicted octanol–water partition coefficient (Wildman–Crippen LogP) is 2.73. The largest absolute Gasteiger partial charge is 0.493 e. The summed E-state index contributed by atoms with van der Waals surface area (Å²) in [4.78, 5) is 11.5. The van der Waals surface area contributed by atoms with Gasteiger partial charge in [0.05, 0.1) is 20.8 Å². The van der Waals surface area contributed by atoms with Crippen molar-refractivity contribution in [2.45, 2.75) is 26.7 Å². The molecular weight excluding hydrogens is 260 g/mol. The Kier molecular flexibility index (Phi) is 6.70. The summed E-state index contributed by atoms with van der Waals surface area (Å²) in [6.45, 7) is 4.21. The second kappa shape index (κ2) is 8.30. The summed E-state index contributed by atoms with van der Waals surface area (Å²) in [7, 11) is 3.08. The third-order valence-corrected chi connectivity index (χ3v) is 2.70. The third kappa shape index (κ3) is 4.64. The number of methoxy groups -OCH3 is 2. The maximum atomic E-state index is 11.5. The number of esters is 1. The Balaban J connectivity index is 2.69. The summed E-state index contributed by atoms with van der Waals surface area (Å²) < 4.78 is 21.0. The van der Waals surface area contributed by atoms with Crippen molar-refractivity contribution in [2.24, 2.45) is 0 Å².